The van der Waals surface area contributed by atoms with E-state index in [1.165, 1.54) is 0 Å². The number of nitrogens with zero attached hydrogens (tertiary/aromatic N) is 2. The molecule has 0 bridgehead atoms. The molecule has 0 aliphatic carbocycles. The standard InChI is InChI=1S/C17H20F2N4O/c1-10-5-11(2)16(14(24)6-10)13-3-4-15(23-22-13)21-12-7-17(18,19)9-20-8-12/h3-6,12,20,24H,7-9H2,1-2H3,(H,21,23). The van der Waals surface area contributed by atoms with Gasteiger partial charge in [-0.15, -0.1) is 10.2 Å². The maximum atomic E-state index is 13.4. The second-order valence-electron chi connectivity index (χ2n) is 6.31. The van der Waals surface area contributed by atoms with Crippen LogP contribution < -0.4 is 10.6 Å². The van der Waals surface area contributed by atoms with E-state index in [1.54, 1.807) is 18.2 Å². The monoisotopic (exact) mass is 334 g/mol. The van der Waals surface area contributed by atoms with E-state index in [4.69, 9.17) is 0 Å². The average Bonchev–Trinajstić information content (AvgIpc) is 2.47. The van der Waals surface area contributed by atoms with E-state index < -0.39 is 12.0 Å². The Balaban J connectivity index is 1.77. The van der Waals surface area contributed by atoms with Gasteiger partial charge in [-0.25, -0.2) is 8.78 Å². The van der Waals surface area contributed by atoms with Gasteiger partial charge in [-0.2, -0.15) is 0 Å². The molecular weight excluding hydrogens is 314 g/mol. The Labute approximate surface area is 139 Å². The Kier molecular flexibility index (Phi) is 4.36. The lowest BCUT2D eigenvalue weighted by atomic mass is 10.0. The van der Waals surface area contributed by atoms with Gasteiger partial charge >= 0.3 is 0 Å². The molecule has 3 rings (SSSR count). The average molecular weight is 334 g/mol. The quantitative estimate of drug-likeness (QED) is 0.805. The third-order valence-corrected chi connectivity index (χ3v) is 4.05. The summed E-state index contributed by atoms with van der Waals surface area (Å²) in [5.41, 5.74) is 3.04. The molecule has 1 saturated heterocycles. The van der Waals surface area contributed by atoms with E-state index in [0.29, 0.717) is 23.6 Å². The van der Waals surface area contributed by atoms with Crippen molar-refractivity contribution < 1.29 is 13.9 Å². The van der Waals surface area contributed by atoms with Crippen LogP contribution in [-0.2, 0) is 0 Å². The molecule has 2 aromatic rings. The number of nitrogens with one attached hydrogen (secondary N) is 2. The van der Waals surface area contributed by atoms with Crippen LogP contribution in [0.1, 0.15) is 17.5 Å². The van der Waals surface area contributed by atoms with E-state index in [-0.39, 0.29) is 18.7 Å². The SMILES string of the molecule is Cc1cc(C)c(-c2ccc(NC3CNCC(F)(F)C3)nn2)c(O)c1. The Morgan fingerprint density at radius 2 is 2.04 bits per heavy atom. The summed E-state index contributed by atoms with van der Waals surface area (Å²) in [6.45, 7) is 3.97. The van der Waals surface area contributed by atoms with Crippen molar-refractivity contribution in [3.8, 4) is 17.0 Å². The molecule has 1 atom stereocenters. The minimum absolute atomic E-state index is 0.152. The van der Waals surface area contributed by atoms with Crippen molar-refractivity contribution in [2.75, 3.05) is 18.4 Å². The van der Waals surface area contributed by atoms with Crippen LogP contribution in [0.3, 0.4) is 0 Å². The maximum absolute atomic E-state index is 13.4. The summed E-state index contributed by atoms with van der Waals surface area (Å²) >= 11 is 0. The minimum atomic E-state index is -2.71. The van der Waals surface area contributed by atoms with Gasteiger partial charge in [0.2, 0.25) is 0 Å². The van der Waals surface area contributed by atoms with Crippen LogP contribution in [0.4, 0.5) is 14.6 Å². The van der Waals surface area contributed by atoms with Crippen molar-refractivity contribution in [2.24, 2.45) is 0 Å². The highest BCUT2D eigenvalue weighted by Gasteiger charge is 2.36. The topological polar surface area (TPSA) is 70.1 Å². The van der Waals surface area contributed by atoms with Gasteiger partial charge in [-0.3, -0.25) is 0 Å². The molecule has 1 aliphatic rings. The number of phenols is 1. The summed E-state index contributed by atoms with van der Waals surface area (Å²) in [6, 6.07) is 6.64. The molecule has 0 amide bonds. The van der Waals surface area contributed by atoms with Crippen LogP contribution >= 0.6 is 0 Å². The fourth-order valence-electron chi connectivity index (χ4n) is 3.07. The summed E-state index contributed by atoms with van der Waals surface area (Å²) in [7, 11) is 0. The molecule has 1 fully saturated rings. The summed E-state index contributed by atoms with van der Waals surface area (Å²) in [5.74, 6) is -2.13. The molecule has 1 aromatic carbocycles. The summed E-state index contributed by atoms with van der Waals surface area (Å²) < 4.78 is 26.8. The Morgan fingerprint density at radius 1 is 1.25 bits per heavy atom. The van der Waals surface area contributed by atoms with Gasteiger partial charge in [-0.1, -0.05) is 6.07 Å². The lowest BCUT2D eigenvalue weighted by Crippen LogP contribution is -2.49. The maximum Gasteiger partial charge on any atom is 0.262 e. The molecule has 7 heteroatoms. The van der Waals surface area contributed by atoms with E-state index in [9.17, 15) is 13.9 Å². The van der Waals surface area contributed by atoms with E-state index >= 15 is 0 Å². The van der Waals surface area contributed by atoms with E-state index in [1.807, 2.05) is 19.9 Å². The molecule has 2 heterocycles. The molecule has 0 spiro atoms. The van der Waals surface area contributed by atoms with Gasteiger partial charge in [0.05, 0.1) is 12.2 Å². The number of hydrogen-bond acceptors (Lipinski definition) is 5. The number of halogens is 2. The number of rotatable bonds is 3. The second kappa shape index (κ2) is 6.32. The second-order valence-corrected chi connectivity index (χ2v) is 6.31. The normalized spacial score (nSPS) is 19.9. The molecule has 1 aromatic heterocycles. The third kappa shape index (κ3) is 3.62. The molecule has 3 N–H and O–H groups in total. The number of aromatic hydroxyl groups is 1. The predicted octanol–water partition coefficient (Wildman–Crippen LogP) is 2.88. The minimum Gasteiger partial charge on any atom is -0.507 e. The lowest BCUT2D eigenvalue weighted by molar-refractivity contribution is -0.0244. The zero-order valence-corrected chi connectivity index (χ0v) is 13.6. The zero-order valence-electron chi connectivity index (χ0n) is 13.6. The Bertz CT molecular complexity index is 711. The number of piperidine rings is 1. The molecule has 0 saturated carbocycles. The van der Waals surface area contributed by atoms with Crippen LogP contribution in [0, 0.1) is 13.8 Å². The first-order valence-corrected chi connectivity index (χ1v) is 7.83. The van der Waals surface area contributed by atoms with Crippen molar-refractivity contribution in [2.45, 2.75) is 32.2 Å². The number of anilines is 1. The van der Waals surface area contributed by atoms with Crippen LogP contribution in [0.5, 0.6) is 5.75 Å². The van der Waals surface area contributed by atoms with Crippen molar-refractivity contribution in [1.29, 1.82) is 0 Å². The van der Waals surface area contributed by atoms with Crippen LogP contribution in [0.15, 0.2) is 24.3 Å². The van der Waals surface area contributed by atoms with Crippen molar-refractivity contribution in [3.63, 3.8) is 0 Å². The summed E-state index contributed by atoms with van der Waals surface area (Å²) in [5, 5.41) is 24.0. The molecule has 128 valence electrons. The first kappa shape index (κ1) is 16.6. The molecular formula is C17H20F2N4O. The molecule has 24 heavy (non-hydrogen) atoms. The molecule has 1 aliphatic heterocycles. The number of aromatic nitrogens is 2. The van der Waals surface area contributed by atoms with Gasteiger partial charge in [0.1, 0.15) is 11.6 Å². The van der Waals surface area contributed by atoms with Crippen LogP contribution in [-0.4, -0.2) is 40.4 Å². The number of phenolic OH excluding ortho intramolecular Hbond substituents is 1. The van der Waals surface area contributed by atoms with Crippen LogP contribution in [0.2, 0.25) is 0 Å². The zero-order chi connectivity index (χ0) is 17.3. The highest BCUT2D eigenvalue weighted by molar-refractivity contribution is 5.71. The highest BCUT2D eigenvalue weighted by atomic mass is 19.3. The van der Waals surface area contributed by atoms with Gasteiger partial charge in [0, 0.05) is 24.6 Å². The fourth-order valence-corrected chi connectivity index (χ4v) is 3.07. The molecule has 1 unspecified atom stereocenters. The molecule has 0 radical (unpaired) electrons. The lowest BCUT2D eigenvalue weighted by Gasteiger charge is -2.30. The van der Waals surface area contributed by atoms with Gasteiger partial charge in [0.25, 0.3) is 5.92 Å². The number of aryl methyl sites for hydroxylation is 2. The van der Waals surface area contributed by atoms with Crippen molar-refractivity contribution in [3.05, 3.63) is 35.4 Å². The third-order valence-electron chi connectivity index (χ3n) is 4.05. The fraction of sp³-hybridized carbons (Fsp3) is 0.412. The van der Waals surface area contributed by atoms with Gasteiger partial charge in [0.15, 0.2) is 0 Å². The summed E-state index contributed by atoms with van der Waals surface area (Å²) in [6.07, 6.45) is -0.235. The number of benzene rings is 1. The Hall–Kier alpha value is -2.28. The van der Waals surface area contributed by atoms with Crippen LogP contribution in [0.25, 0.3) is 11.3 Å². The first-order valence-electron chi connectivity index (χ1n) is 7.83. The van der Waals surface area contributed by atoms with Gasteiger partial charge in [-0.05, 0) is 43.2 Å². The number of alkyl halides is 2. The first-order chi connectivity index (χ1) is 11.3. The smallest absolute Gasteiger partial charge is 0.262 e. The largest absolute Gasteiger partial charge is 0.507 e. The van der Waals surface area contributed by atoms with Crippen molar-refractivity contribution in [1.82, 2.24) is 15.5 Å². The number of hydrogen-bond donors (Lipinski definition) is 3. The van der Waals surface area contributed by atoms with E-state index in [0.717, 1.165) is 11.1 Å². The van der Waals surface area contributed by atoms with E-state index in [2.05, 4.69) is 20.8 Å². The predicted molar refractivity (Wildman–Crippen MR) is 88.5 cm³/mol. The van der Waals surface area contributed by atoms with Crippen molar-refractivity contribution >= 4 is 5.82 Å². The Morgan fingerprint density at radius 3 is 2.67 bits per heavy atom. The van der Waals surface area contributed by atoms with Gasteiger partial charge < -0.3 is 15.7 Å². The molecule has 5 nitrogen and oxygen atoms in total. The summed E-state index contributed by atoms with van der Waals surface area (Å²) in [4.78, 5) is 0. The highest BCUT2D eigenvalue weighted by Crippen LogP contribution is 2.32.